The summed E-state index contributed by atoms with van der Waals surface area (Å²) < 4.78 is 27.6. The fourth-order valence-electron chi connectivity index (χ4n) is 4.11. The average molecular weight is 682 g/mol. The van der Waals surface area contributed by atoms with E-state index in [-0.39, 0.29) is 18.9 Å². The number of halogens is 2. The Morgan fingerprint density at radius 1 is 0.974 bits per heavy atom. The van der Waals surface area contributed by atoms with Crippen molar-refractivity contribution in [2.75, 3.05) is 23.7 Å². The summed E-state index contributed by atoms with van der Waals surface area (Å²) in [4.78, 5) is 29.0. The Kier molecular flexibility index (Phi) is 11.6. The normalized spacial score (nSPS) is 12.0. The lowest BCUT2D eigenvalue weighted by Crippen LogP contribution is -2.53. The van der Waals surface area contributed by atoms with Crippen molar-refractivity contribution >= 4 is 61.7 Å². The Morgan fingerprint density at radius 3 is 2.26 bits per heavy atom. The molecular weight excluding hydrogens is 649 g/mol. The van der Waals surface area contributed by atoms with Gasteiger partial charge in [-0.3, -0.25) is 13.9 Å². The van der Waals surface area contributed by atoms with Gasteiger partial charge in [0.15, 0.2) is 0 Å². The molecule has 10 heteroatoms. The summed E-state index contributed by atoms with van der Waals surface area (Å²) in [6.45, 7) is 2.15. The molecule has 0 heterocycles. The highest BCUT2D eigenvalue weighted by molar-refractivity contribution is 14.1. The maximum Gasteiger partial charge on any atom is 0.244 e. The second-order valence-corrected chi connectivity index (χ2v) is 12.8. The number of carbonyl (C=O) groups is 2. The maximum atomic E-state index is 14.0. The number of amides is 2. The van der Waals surface area contributed by atoms with Crippen molar-refractivity contribution in [3.05, 3.63) is 98.6 Å². The lowest BCUT2D eigenvalue weighted by Gasteiger charge is -2.33. The molecule has 0 saturated heterocycles. The van der Waals surface area contributed by atoms with E-state index < -0.39 is 28.5 Å². The van der Waals surface area contributed by atoms with Crippen molar-refractivity contribution < 1.29 is 18.0 Å². The lowest BCUT2D eigenvalue weighted by atomic mass is 10.0. The fraction of sp³-hybridized carbons (Fsp3) is 0.310. The van der Waals surface area contributed by atoms with Gasteiger partial charge in [0.05, 0.1) is 11.9 Å². The molecule has 3 aromatic rings. The van der Waals surface area contributed by atoms with E-state index in [4.69, 9.17) is 11.6 Å². The van der Waals surface area contributed by atoms with Crippen molar-refractivity contribution in [3.8, 4) is 0 Å². The van der Waals surface area contributed by atoms with Crippen LogP contribution in [0.2, 0.25) is 5.02 Å². The van der Waals surface area contributed by atoms with Crippen molar-refractivity contribution in [1.82, 2.24) is 10.2 Å². The zero-order valence-corrected chi connectivity index (χ0v) is 25.7. The minimum absolute atomic E-state index is 0.0857. The third kappa shape index (κ3) is 9.51. The predicted octanol–water partition coefficient (Wildman–Crippen LogP) is 5.27. The van der Waals surface area contributed by atoms with Gasteiger partial charge in [0.25, 0.3) is 0 Å². The molecule has 0 aliphatic carbocycles. The van der Waals surface area contributed by atoms with Crippen LogP contribution in [-0.4, -0.2) is 50.5 Å². The Hall–Kier alpha value is -2.63. The first kappa shape index (κ1) is 30.9. The van der Waals surface area contributed by atoms with E-state index in [0.717, 1.165) is 38.1 Å². The van der Waals surface area contributed by atoms with Gasteiger partial charge >= 0.3 is 0 Å². The summed E-state index contributed by atoms with van der Waals surface area (Å²) >= 11 is 8.36. The van der Waals surface area contributed by atoms with Gasteiger partial charge < -0.3 is 10.2 Å². The third-order valence-electron chi connectivity index (χ3n) is 6.14. The number of unbranched alkanes of at least 4 members (excludes halogenated alkanes) is 1. The molecule has 1 atom stereocenters. The number of sulfonamides is 1. The molecule has 0 radical (unpaired) electrons. The third-order valence-corrected chi connectivity index (χ3v) is 8.23. The van der Waals surface area contributed by atoms with Gasteiger partial charge in [0.1, 0.15) is 12.6 Å². The van der Waals surface area contributed by atoms with Crippen LogP contribution in [-0.2, 0) is 32.6 Å². The van der Waals surface area contributed by atoms with Gasteiger partial charge in [-0.1, -0.05) is 67.4 Å². The van der Waals surface area contributed by atoms with E-state index >= 15 is 0 Å². The zero-order chi connectivity index (χ0) is 28.4. The van der Waals surface area contributed by atoms with Crippen LogP contribution in [0.5, 0.6) is 0 Å². The highest BCUT2D eigenvalue weighted by Crippen LogP contribution is 2.22. The van der Waals surface area contributed by atoms with E-state index in [9.17, 15) is 18.0 Å². The molecule has 0 bridgehead atoms. The van der Waals surface area contributed by atoms with Crippen LogP contribution in [0.25, 0.3) is 0 Å². The van der Waals surface area contributed by atoms with Crippen molar-refractivity contribution in [2.24, 2.45) is 0 Å². The van der Waals surface area contributed by atoms with E-state index in [1.807, 2.05) is 43.3 Å². The second-order valence-electron chi connectivity index (χ2n) is 9.25. The first-order valence-electron chi connectivity index (χ1n) is 12.7. The summed E-state index contributed by atoms with van der Waals surface area (Å²) in [5, 5.41) is 3.47. The van der Waals surface area contributed by atoms with Crippen LogP contribution in [0.1, 0.15) is 30.9 Å². The second kappa shape index (κ2) is 14.7. The molecule has 3 aromatic carbocycles. The van der Waals surface area contributed by atoms with Gasteiger partial charge in [-0.25, -0.2) is 8.42 Å². The largest absolute Gasteiger partial charge is 0.354 e. The molecule has 0 fully saturated rings. The fourth-order valence-corrected chi connectivity index (χ4v) is 5.54. The number of hydrogen-bond acceptors (Lipinski definition) is 4. The Morgan fingerprint density at radius 2 is 1.64 bits per heavy atom. The summed E-state index contributed by atoms with van der Waals surface area (Å²) in [7, 11) is -3.80. The van der Waals surface area contributed by atoms with E-state index in [2.05, 4.69) is 27.9 Å². The summed E-state index contributed by atoms with van der Waals surface area (Å²) in [6.07, 6.45) is 3.06. The number of anilines is 1. The maximum absolute atomic E-state index is 14.0. The molecular formula is C29H33ClIN3O4S. The van der Waals surface area contributed by atoms with Crippen molar-refractivity contribution in [3.63, 3.8) is 0 Å². The molecule has 0 aliphatic rings. The van der Waals surface area contributed by atoms with Gasteiger partial charge in [-0.2, -0.15) is 0 Å². The molecule has 39 heavy (non-hydrogen) atoms. The highest BCUT2D eigenvalue weighted by atomic mass is 127. The topological polar surface area (TPSA) is 86.8 Å². The number of nitrogens with zero attached hydrogens (tertiary/aromatic N) is 2. The molecule has 0 unspecified atom stereocenters. The molecule has 7 nitrogen and oxygen atoms in total. The smallest absolute Gasteiger partial charge is 0.244 e. The molecule has 0 spiro atoms. The monoisotopic (exact) mass is 681 g/mol. The van der Waals surface area contributed by atoms with E-state index in [1.165, 1.54) is 4.90 Å². The number of rotatable bonds is 13. The summed E-state index contributed by atoms with van der Waals surface area (Å²) in [5.41, 5.74) is 1.99. The van der Waals surface area contributed by atoms with Crippen LogP contribution in [0, 0.1) is 3.57 Å². The minimum Gasteiger partial charge on any atom is -0.354 e. The first-order chi connectivity index (χ1) is 18.6. The quantitative estimate of drug-likeness (QED) is 0.197. The SMILES string of the molecule is CCCCNC(=O)[C@@H](Cc1ccccc1)N(Cc1cccc(Cl)c1)C(=O)CN(c1ccc(I)cc1)S(C)(=O)=O. The van der Waals surface area contributed by atoms with E-state index in [0.29, 0.717) is 17.3 Å². The van der Waals surface area contributed by atoms with Gasteiger partial charge in [-0.15, -0.1) is 0 Å². The highest BCUT2D eigenvalue weighted by Gasteiger charge is 2.33. The number of nitrogens with one attached hydrogen (secondary N) is 1. The standard InChI is InChI=1S/C29H33ClIN3O4S/c1-3-4-17-32-29(36)27(19-22-9-6-5-7-10-22)33(20-23-11-8-12-24(30)18-23)28(35)21-34(39(2,37)38)26-15-13-25(31)14-16-26/h5-16,18,27H,3-4,17,19-21H2,1-2H3,(H,32,36)/t27-/m1/s1. The number of carbonyl (C=O) groups excluding carboxylic acids is 2. The Labute approximate surface area is 249 Å². The van der Waals surface area contributed by atoms with Crippen LogP contribution >= 0.6 is 34.2 Å². The van der Waals surface area contributed by atoms with Crippen molar-refractivity contribution in [1.29, 1.82) is 0 Å². The van der Waals surface area contributed by atoms with Crippen LogP contribution in [0.3, 0.4) is 0 Å². The molecule has 0 aromatic heterocycles. The molecule has 0 aliphatic heterocycles. The number of hydrogen-bond donors (Lipinski definition) is 1. The van der Waals surface area contributed by atoms with Gasteiger partial charge in [0.2, 0.25) is 21.8 Å². The summed E-state index contributed by atoms with van der Waals surface area (Å²) in [5.74, 6) is -0.784. The van der Waals surface area contributed by atoms with Gasteiger partial charge in [0, 0.05) is 28.1 Å². The van der Waals surface area contributed by atoms with Crippen LogP contribution in [0.4, 0.5) is 5.69 Å². The van der Waals surface area contributed by atoms with E-state index in [1.54, 1.807) is 42.5 Å². The molecule has 208 valence electrons. The molecule has 2 amide bonds. The van der Waals surface area contributed by atoms with Crippen molar-refractivity contribution in [2.45, 2.75) is 38.8 Å². The van der Waals surface area contributed by atoms with Crippen LogP contribution < -0.4 is 9.62 Å². The zero-order valence-electron chi connectivity index (χ0n) is 22.0. The summed E-state index contributed by atoms with van der Waals surface area (Å²) in [6, 6.07) is 22.6. The van der Waals surface area contributed by atoms with Gasteiger partial charge in [-0.05, 0) is 76.5 Å². The Balaban J connectivity index is 2.02. The molecule has 3 rings (SSSR count). The molecule has 0 saturated carbocycles. The molecule has 1 N–H and O–H groups in total. The minimum atomic E-state index is -3.80. The first-order valence-corrected chi connectivity index (χ1v) is 16.0. The Bertz CT molecular complexity index is 1350. The number of benzene rings is 3. The lowest BCUT2D eigenvalue weighted by molar-refractivity contribution is -0.140. The van der Waals surface area contributed by atoms with Crippen LogP contribution in [0.15, 0.2) is 78.9 Å². The average Bonchev–Trinajstić information content (AvgIpc) is 2.90. The predicted molar refractivity (Wildman–Crippen MR) is 165 cm³/mol.